The molecule has 0 aromatic heterocycles. The number of rotatable bonds is 3. The minimum atomic E-state index is -0.0428. The van der Waals surface area contributed by atoms with Gasteiger partial charge in [-0.1, -0.05) is 6.92 Å². The van der Waals surface area contributed by atoms with Crippen molar-refractivity contribution in [3.05, 3.63) is 0 Å². The Balaban J connectivity index is 2.52. The first-order chi connectivity index (χ1) is 5.22. The molecule has 0 fully saturated rings. The monoisotopic (exact) mass is 157 g/mol. The van der Waals surface area contributed by atoms with Crippen LogP contribution in [0.4, 0.5) is 0 Å². The van der Waals surface area contributed by atoms with Gasteiger partial charge in [0.1, 0.15) is 0 Å². The Morgan fingerprint density at radius 1 is 1.82 bits per heavy atom. The molecule has 0 bridgehead atoms. The van der Waals surface area contributed by atoms with E-state index in [1.807, 2.05) is 0 Å². The number of hydrogen-bond donors (Lipinski definition) is 2. The maximum Gasteiger partial charge on any atom is 0.189 e. The van der Waals surface area contributed by atoms with E-state index in [1.165, 1.54) is 0 Å². The van der Waals surface area contributed by atoms with E-state index in [2.05, 4.69) is 17.2 Å². The van der Waals surface area contributed by atoms with E-state index >= 15 is 0 Å². The Bertz CT molecular complexity index is 169. The summed E-state index contributed by atoms with van der Waals surface area (Å²) in [6.45, 7) is 3.48. The Kier molecular flexibility index (Phi) is 2.34. The lowest BCUT2D eigenvalue weighted by atomic mass is 9.99. The molecule has 0 saturated carbocycles. The fraction of sp³-hybridized carbons (Fsp3) is 0.857. The van der Waals surface area contributed by atoms with Crippen molar-refractivity contribution in [1.29, 1.82) is 0 Å². The summed E-state index contributed by atoms with van der Waals surface area (Å²) in [5.41, 5.74) is 5.46. The number of hydrogen-bond acceptors (Lipinski definition) is 4. The summed E-state index contributed by atoms with van der Waals surface area (Å²) < 4.78 is 5.08. The number of nitrogens with two attached hydrogens (primary N) is 1. The molecule has 4 heteroatoms. The molecule has 4 nitrogen and oxygen atoms in total. The fourth-order valence-corrected chi connectivity index (χ4v) is 1.25. The normalized spacial score (nSPS) is 29.8. The van der Waals surface area contributed by atoms with Gasteiger partial charge in [0, 0.05) is 7.11 Å². The van der Waals surface area contributed by atoms with E-state index in [4.69, 9.17) is 10.5 Å². The van der Waals surface area contributed by atoms with E-state index in [1.54, 1.807) is 7.11 Å². The maximum absolute atomic E-state index is 5.50. The van der Waals surface area contributed by atoms with Crippen molar-refractivity contribution in [3.63, 3.8) is 0 Å². The first kappa shape index (κ1) is 8.33. The summed E-state index contributed by atoms with van der Waals surface area (Å²) in [5.74, 6) is 0.531. The van der Waals surface area contributed by atoms with E-state index in [0.29, 0.717) is 12.6 Å². The topological polar surface area (TPSA) is 59.6 Å². The third kappa shape index (κ3) is 1.63. The predicted octanol–water partition coefficient (Wildman–Crippen LogP) is -0.300. The molecule has 1 aliphatic rings. The SMILES string of the molecule is CCC1(COC)CN=C(N)N1. The molecule has 0 amide bonds. The van der Waals surface area contributed by atoms with Crippen molar-refractivity contribution < 1.29 is 4.74 Å². The van der Waals surface area contributed by atoms with Gasteiger partial charge in [0.05, 0.1) is 18.7 Å². The van der Waals surface area contributed by atoms with Crippen molar-refractivity contribution in [2.24, 2.45) is 10.7 Å². The van der Waals surface area contributed by atoms with Gasteiger partial charge in [-0.25, -0.2) is 0 Å². The second kappa shape index (κ2) is 3.09. The van der Waals surface area contributed by atoms with Crippen molar-refractivity contribution in [2.75, 3.05) is 20.3 Å². The summed E-state index contributed by atoms with van der Waals surface area (Å²) in [6, 6.07) is 0. The van der Waals surface area contributed by atoms with Crippen molar-refractivity contribution in [3.8, 4) is 0 Å². The van der Waals surface area contributed by atoms with Crippen LogP contribution in [0.5, 0.6) is 0 Å². The number of ether oxygens (including phenoxy) is 1. The zero-order valence-electron chi connectivity index (χ0n) is 7.05. The van der Waals surface area contributed by atoms with Gasteiger partial charge in [-0.2, -0.15) is 0 Å². The van der Waals surface area contributed by atoms with Crippen LogP contribution in [0, 0.1) is 0 Å². The summed E-state index contributed by atoms with van der Waals surface area (Å²) >= 11 is 0. The van der Waals surface area contributed by atoms with Crippen LogP contribution in [0.3, 0.4) is 0 Å². The average Bonchev–Trinajstić information content (AvgIpc) is 2.34. The minimum absolute atomic E-state index is 0.0428. The molecule has 0 saturated heterocycles. The molecule has 3 N–H and O–H groups in total. The van der Waals surface area contributed by atoms with Crippen molar-refractivity contribution in [2.45, 2.75) is 18.9 Å². The first-order valence-corrected chi connectivity index (χ1v) is 3.79. The van der Waals surface area contributed by atoms with Crippen LogP contribution in [-0.2, 0) is 4.74 Å². The lowest BCUT2D eigenvalue weighted by Crippen LogP contribution is -2.50. The zero-order chi connectivity index (χ0) is 8.32. The molecule has 11 heavy (non-hydrogen) atoms. The van der Waals surface area contributed by atoms with E-state index in [-0.39, 0.29) is 5.54 Å². The van der Waals surface area contributed by atoms with Gasteiger partial charge in [0.2, 0.25) is 0 Å². The highest BCUT2D eigenvalue weighted by Gasteiger charge is 2.32. The number of guanidine groups is 1. The van der Waals surface area contributed by atoms with Gasteiger partial charge in [-0.05, 0) is 6.42 Å². The number of aliphatic imine (C=N–C) groups is 1. The molecule has 1 unspecified atom stereocenters. The summed E-state index contributed by atoms with van der Waals surface area (Å²) in [4.78, 5) is 4.08. The molecule has 0 aromatic rings. The molecule has 1 rings (SSSR count). The van der Waals surface area contributed by atoms with Crippen LogP contribution in [0.1, 0.15) is 13.3 Å². The lowest BCUT2D eigenvalue weighted by Gasteiger charge is -2.26. The van der Waals surface area contributed by atoms with Crippen LogP contribution in [0.2, 0.25) is 0 Å². The standard InChI is InChI=1S/C7H15N3O/c1-3-7(5-11-2)4-9-6(8)10-7/h3-5H2,1-2H3,(H3,8,9,10). The predicted molar refractivity (Wildman–Crippen MR) is 44.5 cm³/mol. The smallest absolute Gasteiger partial charge is 0.189 e. The largest absolute Gasteiger partial charge is 0.382 e. The van der Waals surface area contributed by atoms with Crippen LogP contribution in [-0.4, -0.2) is 31.8 Å². The molecular formula is C7H15N3O. The van der Waals surface area contributed by atoms with Crippen LogP contribution in [0.25, 0.3) is 0 Å². The second-order valence-corrected chi connectivity index (χ2v) is 2.89. The Morgan fingerprint density at radius 3 is 2.91 bits per heavy atom. The van der Waals surface area contributed by atoms with E-state index in [9.17, 15) is 0 Å². The van der Waals surface area contributed by atoms with Gasteiger partial charge >= 0.3 is 0 Å². The molecule has 0 aliphatic carbocycles. The Morgan fingerprint density at radius 2 is 2.55 bits per heavy atom. The van der Waals surface area contributed by atoms with Gasteiger partial charge in [-0.15, -0.1) is 0 Å². The summed E-state index contributed by atoms with van der Waals surface area (Å²) in [6.07, 6.45) is 0.977. The second-order valence-electron chi connectivity index (χ2n) is 2.89. The highest BCUT2D eigenvalue weighted by Crippen LogP contribution is 2.14. The third-order valence-corrected chi connectivity index (χ3v) is 2.04. The van der Waals surface area contributed by atoms with Gasteiger partial charge < -0.3 is 15.8 Å². The fourth-order valence-electron chi connectivity index (χ4n) is 1.25. The quantitative estimate of drug-likeness (QED) is 0.591. The Hall–Kier alpha value is -0.770. The summed E-state index contributed by atoms with van der Waals surface area (Å²) in [7, 11) is 1.69. The minimum Gasteiger partial charge on any atom is -0.382 e. The van der Waals surface area contributed by atoms with Crippen LogP contribution < -0.4 is 11.1 Å². The van der Waals surface area contributed by atoms with Crippen molar-refractivity contribution >= 4 is 5.96 Å². The molecule has 1 heterocycles. The molecule has 0 aromatic carbocycles. The molecule has 1 atom stereocenters. The zero-order valence-corrected chi connectivity index (χ0v) is 7.05. The van der Waals surface area contributed by atoms with Crippen molar-refractivity contribution in [1.82, 2.24) is 5.32 Å². The average molecular weight is 157 g/mol. The van der Waals surface area contributed by atoms with Gasteiger partial charge in [-0.3, -0.25) is 4.99 Å². The van der Waals surface area contributed by atoms with E-state index < -0.39 is 0 Å². The maximum atomic E-state index is 5.50. The van der Waals surface area contributed by atoms with Crippen LogP contribution in [0.15, 0.2) is 4.99 Å². The summed E-state index contributed by atoms with van der Waals surface area (Å²) in [5, 5.41) is 3.12. The lowest BCUT2D eigenvalue weighted by molar-refractivity contribution is 0.127. The number of methoxy groups -OCH3 is 1. The molecule has 0 spiro atoms. The highest BCUT2D eigenvalue weighted by atomic mass is 16.5. The Labute approximate surface area is 66.8 Å². The van der Waals surface area contributed by atoms with Gasteiger partial charge in [0.25, 0.3) is 0 Å². The third-order valence-electron chi connectivity index (χ3n) is 2.04. The van der Waals surface area contributed by atoms with Gasteiger partial charge in [0.15, 0.2) is 5.96 Å². The highest BCUT2D eigenvalue weighted by molar-refractivity contribution is 5.80. The molecule has 64 valence electrons. The number of nitrogens with one attached hydrogen (secondary N) is 1. The molecule has 1 aliphatic heterocycles. The molecule has 0 radical (unpaired) electrons. The van der Waals surface area contributed by atoms with E-state index in [0.717, 1.165) is 13.0 Å². The van der Waals surface area contributed by atoms with Crippen LogP contribution >= 0.6 is 0 Å². The molecular weight excluding hydrogens is 142 g/mol. The number of nitrogens with zero attached hydrogens (tertiary/aromatic N) is 1. The first-order valence-electron chi connectivity index (χ1n) is 3.79.